The van der Waals surface area contributed by atoms with Crippen molar-refractivity contribution in [1.29, 1.82) is 0 Å². The first-order valence-corrected chi connectivity index (χ1v) is 12.3. The van der Waals surface area contributed by atoms with E-state index in [2.05, 4.69) is 12.2 Å². The van der Waals surface area contributed by atoms with E-state index in [0.29, 0.717) is 12.2 Å². The van der Waals surface area contributed by atoms with Gasteiger partial charge in [0, 0.05) is 6.54 Å². The second-order valence-electron chi connectivity index (χ2n) is 9.13. The number of hydrogen-bond acceptors (Lipinski definition) is 4. The van der Waals surface area contributed by atoms with Crippen molar-refractivity contribution in [2.75, 3.05) is 6.61 Å². The molecule has 0 aliphatic heterocycles. The topological polar surface area (TPSA) is 64.6 Å². The summed E-state index contributed by atoms with van der Waals surface area (Å²) < 4.78 is 40.2. The van der Waals surface area contributed by atoms with E-state index in [1.807, 2.05) is 0 Å². The Morgan fingerprint density at radius 2 is 1.54 bits per heavy atom. The van der Waals surface area contributed by atoms with Crippen LogP contribution in [-0.2, 0) is 26.5 Å². The highest BCUT2D eigenvalue weighted by Crippen LogP contribution is 2.33. The Balaban J connectivity index is 2.04. The van der Waals surface area contributed by atoms with E-state index in [9.17, 15) is 14.0 Å². The van der Waals surface area contributed by atoms with Gasteiger partial charge in [0.25, 0.3) is 5.91 Å². The molecule has 5 nitrogen and oxygen atoms in total. The Hall–Kier alpha value is -2.96. The lowest BCUT2D eigenvalue weighted by atomic mass is 9.88. The maximum absolute atomic E-state index is 16.1. The second kappa shape index (κ2) is 13.2. The number of rotatable bonds is 14. The van der Waals surface area contributed by atoms with Gasteiger partial charge in [-0.15, -0.1) is 0 Å². The molecule has 1 unspecified atom stereocenters. The number of alkyl halides is 1. The van der Waals surface area contributed by atoms with Crippen LogP contribution in [0, 0.1) is 5.82 Å². The van der Waals surface area contributed by atoms with Crippen LogP contribution >= 0.6 is 0 Å². The molecule has 0 saturated heterocycles. The Morgan fingerprint density at radius 1 is 0.914 bits per heavy atom. The SMILES string of the molecule is CCCCCCCC(F)(C(=O)NCc1ccc(OC(C)(C)C(=O)OCC)cc1)c1ccc(F)cc1. The fourth-order valence-electron chi connectivity index (χ4n) is 3.71. The molecular formula is C28H37F2NO4. The van der Waals surface area contributed by atoms with Gasteiger partial charge in [-0.05, 0) is 69.0 Å². The molecule has 0 heterocycles. The number of benzene rings is 2. The average molecular weight is 490 g/mol. The van der Waals surface area contributed by atoms with Gasteiger partial charge in [-0.1, -0.05) is 56.9 Å². The van der Waals surface area contributed by atoms with Crippen LogP contribution in [0.15, 0.2) is 48.5 Å². The maximum atomic E-state index is 16.1. The van der Waals surface area contributed by atoms with Gasteiger partial charge in [0.2, 0.25) is 5.67 Å². The number of nitrogens with one attached hydrogen (secondary N) is 1. The van der Waals surface area contributed by atoms with E-state index in [0.717, 1.165) is 31.2 Å². The summed E-state index contributed by atoms with van der Waals surface area (Å²) in [5.41, 5.74) is -2.50. The lowest BCUT2D eigenvalue weighted by Crippen LogP contribution is -2.41. The third-order valence-electron chi connectivity index (χ3n) is 5.80. The predicted molar refractivity (Wildman–Crippen MR) is 132 cm³/mol. The van der Waals surface area contributed by atoms with Crippen LogP contribution in [0.4, 0.5) is 8.78 Å². The van der Waals surface area contributed by atoms with Gasteiger partial charge in [0.1, 0.15) is 11.6 Å². The normalized spacial score (nSPS) is 13.1. The standard InChI is InChI=1S/C28H37F2NO4/c1-5-7-8-9-10-19-28(30,22-13-15-23(29)16-14-22)25(32)31-20-21-11-17-24(18-12-21)35-27(3,4)26(33)34-6-2/h11-18H,5-10,19-20H2,1-4H3,(H,31,32). The molecular weight excluding hydrogens is 452 g/mol. The van der Waals surface area contributed by atoms with Crippen LogP contribution in [0.1, 0.15) is 77.3 Å². The number of hydrogen-bond donors (Lipinski definition) is 1. The maximum Gasteiger partial charge on any atom is 0.349 e. The largest absolute Gasteiger partial charge is 0.476 e. The summed E-state index contributed by atoms with van der Waals surface area (Å²) in [6, 6.07) is 11.8. The molecule has 0 bridgehead atoms. The molecule has 2 aromatic carbocycles. The van der Waals surface area contributed by atoms with Crippen molar-refractivity contribution >= 4 is 11.9 Å². The van der Waals surface area contributed by atoms with Crippen molar-refractivity contribution in [3.05, 3.63) is 65.5 Å². The van der Waals surface area contributed by atoms with Gasteiger partial charge in [0.05, 0.1) is 6.61 Å². The molecule has 0 spiro atoms. The summed E-state index contributed by atoms with van der Waals surface area (Å²) in [6.07, 6.45) is 4.55. The number of carbonyl (C=O) groups is 2. The van der Waals surface area contributed by atoms with Crippen molar-refractivity contribution in [1.82, 2.24) is 5.32 Å². The van der Waals surface area contributed by atoms with E-state index in [4.69, 9.17) is 9.47 Å². The Kier molecular flexibility index (Phi) is 10.7. The van der Waals surface area contributed by atoms with E-state index < -0.39 is 29.0 Å². The fraction of sp³-hybridized carbons (Fsp3) is 0.500. The third-order valence-corrected chi connectivity index (χ3v) is 5.80. The molecule has 2 aromatic rings. The first-order valence-electron chi connectivity index (χ1n) is 12.3. The highest BCUT2D eigenvalue weighted by molar-refractivity contribution is 5.86. The molecule has 0 aliphatic carbocycles. The van der Waals surface area contributed by atoms with Crippen molar-refractivity contribution < 1.29 is 27.8 Å². The van der Waals surface area contributed by atoms with Gasteiger partial charge >= 0.3 is 5.97 Å². The molecule has 0 aromatic heterocycles. The molecule has 1 atom stereocenters. The summed E-state index contributed by atoms with van der Waals surface area (Å²) in [5, 5.41) is 2.68. The second-order valence-corrected chi connectivity index (χ2v) is 9.13. The van der Waals surface area contributed by atoms with Gasteiger partial charge in [0.15, 0.2) is 5.60 Å². The summed E-state index contributed by atoms with van der Waals surface area (Å²) in [6.45, 7) is 7.45. The monoisotopic (exact) mass is 489 g/mol. The zero-order valence-electron chi connectivity index (χ0n) is 21.2. The van der Waals surface area contributed by atoms with Gasteiger partial charge in [-0.25, -0.2) is 13.6 Å². The van der Waals surface area contributed by atoms with E-state index in [1.165, 1.54) is 24.3 Å². The Morgan fingerprint density at radius 3 is 2.14 bits per heavy atom. The van der Waals surface area contributed by atoms with Crippen molar-refractivity contribution in [2.24, 2.45) is 0 Å². The summed E-state index contributed by atoms with van der Waals surface area (Å²) >= 11 is 0. The van der Waals surface area contributed by atoms with Crippen LogP contribution < -0.4 is 10.1 Å². The van der Waals surface area contributed by atoms with E-state index in [-0.39, 0.29) is 25.1 Å². The summed E-state index contributed by atoms with van der Waals surface area (Å²) in [5.74, 6) is -1.22. The number of esters is 1. The predicted octanol–water partition coefficient (Wildman–Crippen LogP) is 6.39. The number of unbranched alkanes of at least 4 members (excludes halogenated alkanes) is 4. The van der Waals surface area contributed by atoms with E-state index in [1.54, 1.807) is 45.0 Å². The van der Waals surface area contributed by atoms with Crippen molar-refractivity contribution in [3.63, 3.8) is 0 Å². The molecule has 0 saturated carbocycles. The zero-order chi connectivity index (χ0) is 25.9. The van der Waals surface area contributed by atoms with Crippen LogP contribution in [0.3, 0.4) is 0 Å². The molecule has 0 aliphatic rings. The van der Waals surface area contributed by atoms with Gasteiger partial charge in [-0.2, -0.15) is 0 Å². The van der Waals surface area contributed by atoms with Gasteiger partial charge in [-0.3, -0.25) is 4.79 Å². The van der Waals surface area contributed by atoms with Crippen LogP contribution in [-0.4, -0.2) is 24.1 Å². The zero-order valence-corrected chi connectivity index (χ0v) is 21.2. The van der Waals surface area contributed by atoms with Crippen molar-refractivity contribution in [3.8, 4) is 5.75 Å². The molecule has 0 fully saturated rings. The first kappa shape index (κ1) is 28.3. The minimum absolute atomic E-state index is 0.0316. The number of amides is 1. The van der Waals surface area contributed by atoms with Gasteiger partial charge < -0.3 is 14.8 Å². The smallest absolute Gasteiger partial charge is 0.349 e. The number of ether oxygens (including phenoxy) is 2. The molecule has 1 N–H and O–H groups in total. The highest BCUT2D eigenvalue weighted by Gasteiger charge is 2.40. The summed E-state index contributed by atoms with van der Waals surface area (Å²) in [4.78, 5) is 25.0. The van der Waals surface area contributed by atoms with Crippen LogP contribution in [0.5, 0.6) is 5.75 Å². The minimum atomic E-state index is -2.24. The molecule has 7 heteroatoms. The lowest BCUT2D eigenvalue weighted by Gasteiger charge is -2.25. The Labute approximate surface area is 207 Å². The molecule has 35 heavy (non-hydrogen) atoms. The number of halogens is 2. The van der Waals surface area contributed by atoms with Crippen LogP contribution in [0.2, 0.25) is 0 Å². The van der Waals surface area contributed by atoms with Crippen LogP contribution in [0.25, 0.3) is 0 Å². The first-order chi connectivity index (χ1) is 16.6. The van der Waals surface area contributed by atoms with E-state index >= 15 is 4.39 Å². The molecule has 0 radical (unpaired) electrons. The lowest BCUT2D eigenvalue weighted by molar-refractivity contribution is -0.158. The molecule has 1 amide bonds. The highest BCUT2D eigenvalue weighted by atomic mass is 19.1. The molecule has 2 rings (SSSR count). The summed E-state index contributed by atoms with van der Waals surface area (Å²) in [7, 11) is 0. The quantitative estimate of drug-likeness (QED) is 0.247. The fourth-order valence-corrected chi connectivity index (χ4v) is 3.71. The minimum Gasteiger partial charge on any atom is -0.476 e. The molecule has 192 valence electrons. The van der Waals surface area contributed by atoms with Crippen molar-refractivity contribution in [2.45, 2.75) is 84.0 Å². The number of carbonyl (C=O) groups excluding carboxylic acids is 2. The third kappa shape index (κ3) is 8.34. The average Bonchev–Trinajstić information content (AvgIpc) is 2.83. The Bertz CT molecular complexity index is 944.